The average Bonchev–Trinajstić information content (AvgIpc) is 2.16. The molecule has 1 aliphatic rings. The van der Waals surface area contributed by atoms with Gasteiger partial charge >= 0.3 is 0 Å². The Morgan fingerprint density at radius 1 is 1.21 bits per heavy atom. The molecule has 0 N–H and O–H groups in total. The Balaban J connectivity index is 2.22. The number of benzene rings is 1. The number of hydrogen-bond acceptors (Lipinski definition) is 2. The van der Waals surface area contributed by atoms with Gasteiger partial charge in [-0.2, -0.15) is 4.89 Å². The highest BCUT2D eigenvalue weighted by molar-refractivity contribution is 5.34. The minimum absolute atomic E-state index is 0.119. The van der Waals surface area contributed by atoms with Gasteiger partial charge in [0.25, 0.3) is 0 Å². The van der Waals surface area contributed by atoms with Crippen LogP contribution in [0.15, 0.2) is 24.3 Å². The number of hydrogen-bond donors (Lipinski definition) is 0. The Labute approximate surface area is 84.8 Å². The van der Waals surface area contributed by atoms with Crippen molar-refractivity contribution < 1.29 is 9.78 Å². The van der Waals surface area contributed by atoms with Crippen molar-refractivity contribution in [2.24, 2.45) is 5.41 Å². The molecule has 0 spiro atoms. The highest BCUT2D eigenvalue weighted by Gasteiger charge is 2.31. The molecule has 0 aromatic heterocycles. The molecule has 0 saturated heterocycles. The van der Waals surface area contributed by atoms with Crippen LogP contribution < -0.4 is 4.89 Å². The minimum Gasteiger partial charge on any atom is -0.337 e. The standard InChI is InChI=1S/C12H16O2/c1-12(2,3)11-8-9-6-4-5-7-10(9)13-14-11/h4-7,11H,8H2,1-3H3. The van der Waals surface area contributed by atoms with E-state index in [0.29, 0.717) is 0 Å². The quantitative estimate of drug-likeness (QED) is 0.588. The van der Waals surface area contributed by atoms with Crippen LogP contribution in [0.5, 0.6) is 5.75 Å². The lowest BCUT2D eigenvalue weighted by molar-refractivity contribution is -0.277. The molecule has 0 bridgehead atoms. The first kappa shape index (κ1) is 9.53. The fourth-order valence-electron chi connectivity index (χ4n) is 1.55. The van der Waals surface area contributed by atoms with Gasteiger partial charge in [0.05, 0.1) is 0 Å². The summed E-state index contributed by atoms with van der Waals surface area (Å²) < 4.78 is 0. The van der Waals surface area contributed by atoms with Gasteiger partial charge in [0.1, 0.15) is 6.10 Å². The molecular weight excluding hydrogens is 176 g/mol. The van der Waals surface area contributed by atoms with Crippen molar-refractivity contribution in [3.8, 4) is 5.75 Å². The molecule has 0 aliphatic carbocycles. The van der Waals surface area contributed by atoms with E-state index in [1.165, 1.54) is 5.56 Å². The van der Waals surface area contributed by atoms with Crippen LogP contribution in [0.25, 0.3) is 0 Å². The molecule has 1 aliphatic heterocycles. The van der Waals surface area contributed by atoms with E-state index in [2.05, 4.69) is 26.8 Å². The summed E-state index contributed by atoms with van der Waals surface area (Å²) in [5.74, 6) is 0.855. The van der Waals surface area contributed by atoms with Crippen LogP contribution in [-0.4, -0.2) is 6.10 Å². The van der Waals surface area contributed by atoms with Crippen LogP contribution in [0.3, 0.4) is 0 Å². The molecule has 1 atom stereocenters. The van der Waals surface area contributed by atoms with Crippen molar-refractivity contribution in [2.75, 3.05) is 0 Å². The number of fused-ring (bicyclic) bond motifs is 1. The fourth-order valence-corrected chi connectivity index (χ4v) is 1.55. The van der Waals surface area contributed by atoms with Crippen LogP contribution in [-0.2, 0) is 11.3 Å². The van der Waals surface area contributed by atoms with Gasteiger partial charge in [-0.25, -0.2) is 0 Å². The second-order valence-electron chi connectivity index (χ2n) is 4.85. The SMILES string of the molecule is CC(C)(C)C1Cc2ccccc2OO1. The van der Waals surface area contributed by atoms with Crippen LogP contribution in [0.2, 0.25) is 0 Å². The molecule has 0 fully saturated rings. The predicted octanol–water partition coefficient (Wildman–Crippen LogP) is 2.97. The first-order valence-electron chi connectivity index (χ1n) is 4.98. The third-order valence-electron chi connectivity index (χ3n) is 2.60. The summed E-state index contributed by atoms with van der Waals surface area (Å²) >= 11 is 0. The normalized spacial score (nSPS) is 21.2. The zero-order valence-electron chi connectivity index (χ0n) is 8.91. The molecule has 1 unspecified atom stereocenters. The highest BCUT2D eigenvalue weighted by Crippen LogP contribution is 2.33. The predicted molar refractivity (Wildman–Crippen MR) is 55.1 cm³/mol. The lowest BCUT2D eigenvalue weighted by atomic mass is 9.85. The van der Waals surface area contributed by atoms with E-state index in [0.717, 1.165) is 12.2 Å². The van der Waals surface area contributed by atoms with Gasteiger partial charge in [-0.15, -0.1) is 0 Å². The summed E-state index contributed by atoms with van der Waals surface area (Å²) in [6.07, 6.45) is 1.07. The zero-order valence-corrected chi connectivity index (χ0v) is 8.91. The highest BCUT2D eigenvalue weighted by atomic mass is 17.2. The maximum absolute atomic E-state index is 5.37. The van der Waals surface area contributed by atoms with E-state index in [4.69, 9.17) is 9.78 Å². The van der Waals surface area contributed by atoms with Gasteiger partial charge in [-0.05, 0) is 11.5 Å². The minimum atomic E-state index is 0.119. The summed E-state index contributed by atoms with van der Waals surface area (Å²) in [6.45, 7) is 6.48. The van der Waals surface area contributed by atoms with Crippen molar-refractivity contribution >= 4 is 0 Å². The van der Waals surface area contributed by atoms with E-state index < -0.39 is 0 Å². The van der Waals surface area contributed by atoms with Crippen molar-refractivity contribution in [1.29, 1.82) is 0 Å². The first-order chi connectivity index (χ1) is 6.57. The Morgan fingerprint density at radius 3 is 2.64 bits per heavy atom. The molecule has 14 heavy (non-hydrogen) atoms. The monoisotopic (exact) mass is 192 g/mol. The Hall–Kier alpha value is -1.02. The van der Waals surface area contributed by atoms with E-state index >= 15 is 0 Å². The molecular formula is C12H16O2. The van der Waals surface area contributed by atoms with Gasteiger partial charge in [-0.1, -0.05) is 39.0 Å². The molecule has 0 radical (unpaired) electrons. The van der Waals surface area contributed by atoms with Crippen LogP contribution in [0.1, 0.15) is 26.3 Å². The van der Waals surface area contributed by atoms with Crippen molar-refractivity contribution in [1.82, 2.24) is 0 Å². The topological polar surface area (TPSA) is 18.5 Å². The molecule has 2 rings (SSSR count). The lowest BCUT2D eigenvalue weighted by Crippen LogP contribution is -2.35. The summed E-state index contributed by atoms with van der Waals surface area (Å²) in [5, 5.41) is 0. The number of rotatable bonds is 0. The molecule has 0 saturated carbocycles. The van der Waals surface area contributed by atoms with Crippen molar-refractivity contribution in [2.45, 2.75) is 33.3 Å². The summed E-state index contributed by atoms with van der Waals surface area (Å²) in [5.41, 5.74) is 1.35. The van der Waals surface area contributed by atoms with Gasteiger partial charge in [0.15, 0.2) is 5.75 Å². The Bertz CT molecular complexity index is 325. The van der Waals surface area contributed by atoms with Crippen LogP contribution in [0.4, 0.5) is 0 Å². The summed E-state index contributed by atoms with van der Waals surface area (Å²) in [4.78, 5) is 10.6. The Morgan fingerprint density at radius 2 is 1.93 bits per heavy atom. The van der Waals surface area contributed by atoms with Crippen LogP contribution in [0, 0.1) is 5.41 Å². The van der Waals surface area contributed by atoms with E-state index in [9.17, 15) is 0 Å². The third-order valence-corrected chi connectivity index (χ3v) is 2.60. The van der Waals surface area contributed by atoms with Gasteiger partial charge in [0, 0.05) is 12.0 Å². The first-order valence-corrected chi connectivity index (χ1v) is 4.98. The molecule has 1 aromatic carbocycles. The lowest BCUT2D eigenvalue weighted by Gasteiger charge is -2.32. The van der Waals surface area contributed by atoms with Crippen LogP contribution >= 0.6 is 0 Å². The second kappa shape index (κ2) is 3.28. The molecule has 2 nitrogen and oxygen atoms in total. The summed E-state index contributed by atoms with van der Waals surface area (Å²) in [6, 6.07) is 8.03. The molecule has 1 heterocycles. The largest absolute Gasteiger partial charge is 0.337 e. The smallest absolute Gasteiger partial charge is 0.168 e. The average molecular weight is 192 g/mol. The van der Waals surface area contributed by atoms with E-state index in [-0.39, 0.29) is 11.5 Å². The maximum atomic E-state index is 5.37. The second-order valence-corrected chi connectivity index (χ2v) is 4.85. The molecule has 76 valence electrons. The van der Waals surface area contributed by atoms with E-state index in [1.54, 1.807) is 0 Å². The molecule has 2 heteroatoms. The third kappa shape index (κ3) is 1.75. The summed E-state index contributed by atoms with van der Waals surface area (Å²) in [7, 11) is 0. The zero-order chi connectivity index (χ0) is 10.2. The molecule has 1 aromatic rings. The number of para-hydroxylation sites is 1. The van der Waals surface area contributed by atoms with Gasteiger partial charge in [0.2, 0.25) is 0 Å². The van der Waals surface area contributed by atoms with Crippen molar-refractivity contribution in [3.05, 3.63) is 29.8 Å². The fraction of sp³-hybridized carbons (Fsp3) is 0.500. The van der Waals surface area contributed by atoms with Gasteiger partial charge < -0.3 is 4.89 Å². The molecule has 0 amide bonds. The Kier molecular flexibility index (Phi) is 2.23. The maximum Gasteiger partial charge on any atom is 0.168 e. The van der Waals surface area contributed by atoms with E-state index in [1.807, 2.05) is 18.2 Å². The van der Waals surface area contributed by atoms with Gasteiger partial charge in [-0.3, -0.25) is 0 Å². The van der Waals surface area contributed by atoms with Crippen molar-refractivity contribution in [3.63, 3.8) is 0 Å².